The standard InChI is InChI=1S/C11H12N4O3/c12-14-13-10-2-1-3-11(10)18-9-6-4-8(5-7-9)15(16)17/h4-7,10-11H,1-3H2. The van der Waals surface area contributed by atoms with Gasteiger partial charge in [0.15, 0.2) is 0 Å². The number of nitro groups is 1. The summed E-state index contributed by atoms with van der Waals surface area (Å²) in [5.41, 5.74) is 8.46. The second kappa shape index (κ2) is 5.37. The number of hydrogen-bond donors (Lipinski definition) is 0. The number of non-ortho nitro benzene ring substituents is 1. The van der Waals surface area contributed by atoms with Crippen molar-refractivity contribution >= 4 is 5.69 Å². The maximum absolute atomic E-state index is 10.5. The molecule has 1 fully saturated rings. The van der Waals surface area contributed by atoms with Crippen LogP contribution in [0.4, 0.5) is 5.69 Å². The minimum absolute atomic E-state index is 0.0281. The molecule has 0 N–H and O–H groups in total. The van der Waals surface area contributed by atoms with Gasteiger partial charge in [0.1, 0.15) is 11.9 Å². The molecule has 7 heteroatoms. The smallest absolute Gasteiger partial charge is 0.269 e. The first-order chi connectivity index (χ1) is 8.70. The van der Waals surface area contributed by atoms with E-state index in [-0.39, 0.29) is 17.8 Å². The van der Waals surface area contributed by atoms with Gasteiger partial charge in [0.05, 0.1) is 11.0 Å². The third-order valence-electron chi connectivity index (χ3n) is 2.95. The molecular weight excluding hydrogens is 236 g/mol. The van der Waals surface area contributed by atoms with Crippen LogP contribution in [0.3, 0.4) is 0 Å². The molecule has 0 bridgehead atoms. The number of nitro benzene ring substituents is 1. The Labute approximate surface area is 103 Å². The fraction of sp³-hybridized carbons (Fsp3) is 0.455. The van der Waals surface area contributed by atoms with E-state index in [1.165, 1.54) is 12.1 Å². The number of rotatable bonds is 4. The minimum atomic E-state index is -0.456. The van der Waals surface area contributed by atoms with Crippen molar-refractivity contribution in [3.8, 4) is 5.75 Å². The van der Waals surface area contributed by atoms with E-state index in [1.54, 1.807) is 12.1 Å². The van der Waals surface area contributed by atoms with Gasteiger partial charge in [0.2, 0.25) is 0 Å². The van der Waals surface area contributed by atoms with Crippen LogP contribution in [0.25, 0.3) is 10.4 Å². The number of azide groups is 1. The lowest BCUT2D eigenvalue weighted by Crippen LogP contribution is -2.23. The van der Waals surface area contributed by atoms with Gasteiger partial charge in [-0.1, -0.05) is 5.11 Å². The predicted molar refractivity (Wildman–Crippen MR) is 64.3 cm³/mol. The summed E-state index contributed by atoms with van der Waals surface area (Å²) in [6.07, 6.45) is 2.48. The van der Waals surface area contributed by atoms with Gasteiger partial charge < -0.3 is 4.74 Å². The molecule has 0 aromatic heterocycles. The Hall–Kier alpha value is -2.27. The highest BCUT2D eigenvalue weighted by Gasteiger charge is 2.28. The molecule has 2 unspecified atom stereocenters. The summed E-state index contributed by atoms with van der Waals surface area (Å²) in [7, 11) is 0. The SMILES string of the molecule is [N-]=[N+]=NC1CCCC1Oc1ccc([N+](=O)[O-])cc1. The first-order valence-corrected chi connectivity index (χ1v) is 5.66. The fourth-order valence-electron chi connectivity index (χ4n) is 2.06. The Morgan fingerprint density at radius 3 is 2.72 bits per heavy atom. The molecular formula is C11H12N4O3. The zero-order valence-electron chi connectivity index (χ0n) is 9.60. The second-order valence-corrected chi connectivity index (χ2v) is 4.11. The maximum atomic E-state index is 10.5. The van der Waals surface area contributed by atoms with E-state index in [9.17, 15) is 10.1 Å². The summed E-state index contributed by atoms with van der Waals surface area (Å²) < 4.78 is 5.69. The summed E-state index contributed by atoms with van der Waals surface area (Å²) in [4.78, 5) is 12.8. The van der Waals surface area contributed by atoms with Crippen molar-refractivity contribution in [2.24, 2.45) is 5.11 Å². The van der Waals surface area contributed by atoms with Gasteiger partial charge in [-0.05, 0) is 36.9 Å². The van der Waals surface area contributed by atoms with Crippen molar-refractivity contribution in [3.05, 3.63) is 44.8 Å². The second-order valence-electron chi connectivity index (χ2n) is 4.11. The molecule has 1 aliphatic carbocycles. The molecule has 0 heterocycles. The quantitative estimate of drug-likeness (QED) is 0.269. The molecule has 1 aromatic rings. The van der Waals surface area contributed by atoms with Crippen LogP contribution in [0.5, 0.6) is 5.75 Å². The van der Waals surface area contributed by atoms with E-state index in [1.807, 2.05) is 0 Å². The summed E-state index contributed by atoms with van der Waals surface area (Å²) >= 11 is 0. The third kappa shape index (κ3) is 2.70. The molecule has 0 spiro atoms. The van der Waals surface area contributed by atoms with Crippen LogP contribution in [-0.4, -0.2) is 17.1 Å². The van der Waals surface area contributed by atoms with Gasteiger partial charge in [-0.15, -0.1) is 0 Å². The Morgan fingerprint density at radius 1 is 1.39 bits per heavy atom. The number of ether oxygens (including phenoxy) is 1. The highest BCUT2D eigenvalue weighted by molar-refractivity contribution is 5.36. The third-order valence-corrected chi connectivity index (χ3v) is 2.95. The van der Waals surface area contributed by atoms with Crippen molar-refractivity contribution in [1.82, 2.24) is 0 Å². The average Bonchev–Trinajstić information content (AvgIpc) is 2.78. The highest BCUT2D eigenvalue weighted by Crippen LogP contribution is 2.28. The predicted octanol–water partition coefficient (Wildman–Crippen LogP) is 3.21. The van der Waals surface area contributed by atoms with E-state index in [0.717, 1.165) is 19.3 Å². The van der Waals surface area contributed by atoms with Crippen LogP contribution in [0, 0.1) is 10.1 Å². The van der Waals surface area contributed by atoms with Crippen LogP contribution < -0.4 is 4.74 Å². The highest BCUT2D eigenvalue weighted by atomic mass is 16.6. The number of nitrogens with zero attached hydrogens (tertiary/aromatic N) is 4. The van der Waals surface area contributed by atoms with Crippen LogP contribution in [0.1, 0.15) is 19.3 Å². The zero-order valence-corrected chi connectivity index (χ0v) is 9.60. The molecule has 2 atom stereocenters. The molecule has 0 saturated heterocycles. The van der Waals surface area contributed by atoms with E-state index in [0.29, 0.717) is 5.75 Å². The van der Waals surface area contributed by atoms with Crippen molar-refractivity contribution in [3.63, 3.8) is 0 Å². The number of hydrogen-bond acceptors (Lipinski definition) is 4. The average molecular weight is 248 g/mol. The molecule has 0 aliphatic heterocycles. The Bertz CT molecular complexity index is 482. The fourth-order valence-corrected chi connectivity index (χ4v) is 2.06. The first-order valence-electron chi connectivity index (χ1n) is 5.66. The molecule has 1 aliphatic rings. The lowest BCUT2D eigenvalue weighted by molar-refractivity contribution is -0.384. The van der Waals surface area contributed by atoms with Crippen molar-refractivity contribution in [2.75, 3.05) is 0 Å². The van der Waals surface area contributed by atoms with E-state index in [4.69, 9.17) is 10.3 Å². The Kier molecular flexibility index (Phi) is 3.64. The molecule has 0 amide bonds. The molecule has 18 heavy (non-hydrogen) atoms. The van der Waals surface area contributed by atoms with Gasteiger partial charge in [-0.3, -0.25) is 10.1 Å². The molecule has 7 nitrogen and oxygen atoms in total. The Balaban J connectivity index is 2.04. The normalized spacial score (nSPS) is 22.2. The van der Waals surface area contributed by atoms with Gasteiger partial charge in [0.25, 0.3) is 5.69 Å². The van der Waals surface area contributed by atoms with Crippen LogP contribution >= 0.6 is 0 Å². The lowest BCUT2D eigenvalue weighted by atomic mass is 10.2. The zero-order chi connectivity index (χ0) is 13.0. The largest absolute Gasteiger partial charge is 0.490 e. The van der Waals surface area contributed by atoms with Gasteiger partial charge in [0, 0.05) is 17.0 Å². The lowest BCUT2D eigenvalue weighted by Gasteiger charge is -2.17. The minimum Gasteiger partial charge on any atom is -0.490 e. The van der Waals surface area contributed by atoms with Crippen molar-refractivity contribution < 1.29 is 9.66 Å². The Morgan fingerprint density at radius 2 is 2.11 bits per heavy atom. The summed E-state index contributed by atoms with van der Waals surface area (Å²) in [6, 6.07) is 5.76. The van der Waals surface area contributed by atoms with Crippen molar-refractivity contribution in [2.45, 2.75) is 31.4 Å². The first kappa shape index (κ1) is 12.2. The van der Waals surface area contributed by atoms with Gasteiger partial charge in [-0.25, -0.2) is 0 Å². The van der Waals surface area contributed by atoms with Gasteiger partial charge >= 0.3 is 0 Å². The summed E-state index contributed by atoms with van der Waals surface area (Å²) in [5.74, 6) is 0.561. The molecule has 0 radical (unpaired) electrons. The van der Waals surface area contributed by atoms with Crippen LogP contribution in [0.2, 0.25) is 0 Å². The van der Waals surface area contributed by atoms with Crippen molar-refractivity contribution in [1.29, 1.82) is 0 Å². The maximum Gasteiger partial charge on any atom is 0.269 e. The van der Waals surface area contributed by atoms with Crippen LogP contribution in [0.15, 0.2) is 29.4 Å². The molecule has 1 aromatic carbocycles. The molecule has 1 saturated carbocycles. The van der Waals surface area contributed by atoms with E-state index >= 15 is 0 Å². The van der Waals surface area contributed by atoms with Crippen LogP contribution in [-0.2, 0) is 0 Å². The van der Waals surface area contributed by atoms with E-state index in [2.05, 4.69) is 10.0 Å². The molecule has 2 rings (SSSR count). The summed E-state index contributed by atoms with van der Waals surface area (Å²) in [6.45, 7) is 0. The molecule has 94 valence electrons. The monoisotopic (exact) mass is 248 g/mol. The number of benzene rings is 1. The topological polar surface area (TPSA) is 101 Å². The summed E-state index contributed by atoms with van der Waals surface area (Å²) in [5, 5.41) is 14.2. The van der Waals surface area contributed by atoms with Gasteiger partial charge in [-0.2, -0.15) is 0 Å². The van der Waals surface area contributed by atoms with E-state index < -0.39 is 4.92 Å².